The van der Waals surface area contributed by atoms with Crippen molar-refractivity contribution in [1.82, 2.24) is 4.90 Å². The smallest absolute Gasteiger partial charge is 0.0596 e. The molecule has 2 nitrogen and oxygen atoms in total. The zero-order valence-corrected chi connectivity index (χ0v) is 9.79. The van der Waals surface area contributed by atoms with E-state index in [9.17, 15) is 0 Å². The Morgan fingerprint density at radius 3 is 2.50 bits per heavy atom. The second kappa shape index (κ2) is 7.84. The van der Waals surface area contributed by atoms with Gasteiger partial charge in [0.25, 0.3) is 0 Å². The molecule has 0 saturated heterocycles. The van der Waals surface area contributed by atoms with Crippen LogP contribution in [0.1, 0.15) is 26.7 Å². The molecule has 0 aromatic carbocycles. The van der Waals surface area contributed by atoms with Crippen molar-refractivity contribution in [3.8, 4) is 12.3 Å². The first-order valence-corrected chi connectivity index (χ1v) is 5.42. The fourth-order valence-corrected chi connectivity index (χ4v) is 1.64. The van der Waals surface area contributed by atoms with Gasteiger partial charge in [-0.2, -0.15) is 0 Å². The van der Waals surface area contributed by atoms with E-state index in [1.807, 2.05) is 0 Å². The highest BCUT2D eigenvalue weighted by molar-refractivity contribution is 4.87. The molecular formula is C12H24N2. The Bertz CT molecular complexity index is 170. The van der Waals surface area contributed by atoms with Gasteiger partial charge in [0.05, 0.1) is 6.54 Å². The minimum absolute atomic E-state index is 0.648. The molecule has 0 aromatic rings. The molecule has 2 heteroatoms. The minimum Gasteiger partial charge on any atom is -0.330 e. The zero-order valence-electron chi connectivity index (χ0n) is 9.79. The third-order valence-corrected chi connectivity index (χ3v) is 2.42. The highest BCUT2D eigenvalue weighted by Gasteiger charge is 2.09. The molecule has 1 unspecified atom stereocenters. The molecule has 0 heterocycles. The molecule has 82 valence electrons. The Hall–Kier alpha value is -0.520. The van der Waals surface area contributed by atoms with Crippen LogP contribution < -0.4 is 5.73 Å². The van der Waals surface area contributed by atoms with Crippen LogP contribution in [0.3, 0.4) is 0 Å². The predicted molar refractivity (Wildman–Crippen MR) is 62.9 cm³/mol. The van der Waals surface area contributed by atoms with Gasteiger partial charge in [-0.15, -0.1) is 6.42 Å². The number of nitrogens with two attached hydrogens (primary N) is 1. The molecular weight excluding hydrogens is 172 g/mol. The van der Waals surface area contributed by atoms with Crippen molar-refractivity contribution in [2.45, 2.75) is 26.7 Å². The van der Waals surface area contributed by atoms with E-state index in [2.05, 4.69) is 31.7 Å². The average molecular weight is 196 g/mol. The van der Waals surface area contributed by atoms with Gasteiger partial charge >= 0.3 is 0 Å². The lowest BCUT2D eigenvalue weighted by Gasteiger charge is -2.20. The van der Waals surface area contributed by atoms with Crippen LogP contribution in [0.4, 0.5) is 0 Å². The number of rotatable bonds is 7. The summed E-state index contributed by atoms with van der Waals surface area (Å²) in [6.45, 7) is 7.07. The van der Waals surface area contributed by atoms with Crippen molar-refractivity contribution < 1.29 is 0 Å². The molecule has 0 spiro atoms. The first-order chi connectivity index (χ1) is 6.60. The summed E-state index contributed by atoms with van der Waals surface area (Å²) in [5.41, 5.74) is 5.72. The van der Waals surface area contributed by atoms with Gasteiger partial charge in [0, 0.05) is 0 Å². The number of nitrogens with zero attached hydrogens (tertiary/aromatic N) is 1. The Morgan fingerprint density at radius 2 is 2.07 bits per heavy atom. The SMILES string of the molecule is C#CCN(C)CCC(CN)CC(C)C. The molecule has 0 amide bonds. The fraction of sp³-hybridized carbons (Fsp3) is 0.833. The van der Waals surface area contributed by atoms with Gasteiger partial charge in [0.15, 0.2) is 0 Å². The molecule has 2 N–H and O–H groups in total. The van der Waals surface area contributed by atoms with Gasteiger partial charge in [0.1, 0.15) is 0 Å². The van der Waals surface area contributed by atoms with Crippen molar-refractivity contribution in [2.24, 2.45) is 17.6 Å². The molecule has 0 aromatic heterocycles. The summed E-state index contributed by atoms with van der Waals surface area (Å²) < 4.78 is 0. The fourth-order valence-electron chi connectivity index (χ4n) is 1.64. The van der Waals surface area contributed by atoms with Gasteiger partial charge in [-0.3, -0.25) is 4.90 Å². The summed E-state index contributed by atoms with van der Waals surface area (Å²) in [5.74, 6) is 4.03. The molecule has 0 radical (unpaired) electrons. The van der Waals surface area contributed by atoms with Crippen LogP contribution in [0.5, 0.6) is 0 Å². The summed E-state index contributed by atoms with van der Waals surface area (Å²) in [5, 5.41) is 0. The first-order valence-electron chi connectivity index (χ1n) is 5.42. The maximum Gasteiger partial charge on any atom is 0.0596 e. The van der Waals surface area contributed by atoms with Crippen LogP contribution in [-0.4, -0.2) is 31.6 Å². The van der Waals surface area contributed by atoms with Crippen LogP contribution >= 0.6 is 0 Å². The number of terminal acetylenes is 1. The van der Waals surface area contributed by atoms with Gasteiger partial charge in [-0.1, -0.05) is 19.8 Å². The van der Waals surface area contributed by atoms with Crippen molar-refractivity contribution >= 4 is 0 Å². The maximum atomic E-state index is 5.72. The lowest BCUT2D eigenvalue weighted by atomic mass is 9.94. The second-order valence-corrected chi connectivity index (χ2v) is 4.46. The summed E-state index contributed by atoms with van der Waals surface area (Å²) >= 11 is 0. The lowest BCUT2D eigenvalue weighted by molar-refractivity contribution is 0.307. The molecule has 0 aliphatic rings. The summed E-state index contributed by atoms with van der Waals surface area (Å²) in [6.07, 6.45) is 7.61. The summed E-state index contributed by atoms with van der Waals surface area (Å²) in [7, 11) is 2.06. The van der Waals surface area contributed by atoms with E-state index in [-0.39, 0.29) is 0 Å². The van der Waals surface area contributed by atoms with Crippen LogP contribution in [0.2, 0.25) is 0 Å². The topological polar surface area (TPSA) is 29.3 Å². The van der Waals surface area contributed by atoms with E-state index in [0.717, 1.165) is 32.0 Å². The predicted octanol–water partition coefficient (Wildman–Crippen LogP) is 1.56. The number of hydrogen-bond acceptors (Lipinski definition) is 2. The highest BCUT2D eigenvalue weighted by atomic mass is 15.1. The van der Waals surface area contributed by atoms with Crippen molar-refractivity contribution in [3.05, 3.63) is 0 Å². The van der Waals surface area contributed by atoms with Gasteiger partial charge in [-0.05, 0) is 44.8 Å². The van der Waals surface area contributed by atoms with Crippen molar-refractivity contribution in [2.75, 3.05) is 26.7 Å². The van der Waals surface area contributed by atoms with Crippen LogP contribution in [-0.2, 0) is 0 Å². The summed E-state index contributed by atoms with van der Waals surface area (Å²) in [6, 6.07) is 0. The quantitative estimate of drug-likeness (QED) is 0.626. The molecule has 0 bridgehead atoms. The van der Waals surface area contributed by atoms with Crippen molar-refractivity contribution in [3.63, 3.8) is 0 Å². The van der Waals surface area contributed by atoms with E-state index in [0.29, 0.717) is 5.92 Å². The molecule has 0 saturated carbocycles. The Labute approximate surface area is 88.9 Å². The molecule has 0 aliphatic heterocycles. The first kappa shape index (κ1) is 13.5. The molecule has 0 fully saturated rings. The monoisotopic (exact) mass is 196 g/mol. The molecule has 0 rings (SSSR count). The minimum atomic E-state index is 0.648. The van der Waals surface area contributed by atoms with E-state index in [1.165, 1.54) is 6.42 Å². The van der Waals surface area contributed by atoms with E-state index >= 15 is 0 Å². The highest BCUT2D eigenvalue weighted by Crippen LogP contribution is 2.14. The third-order valence-electron chi connectivity index (χ3n) is 2.42. The average Bonchev–Trinajstić information content (AvgIpc) is 2.12. The van der Waals surface area contributed by atoms with E-state index in [4.69, 9.17) is 12.2 Å². The summed E-state index contributed by atoms with van der Waals surface area (Å²) in [4.78, 5) is 2.17. The zero-order chi connectivity index (χ0) is 11.0. The van der Waals surface area contributed by atoms with Crippen molar-refractivity contribution in [1.29, 1.82) is 0 Å². The normalized spacial score (nSPS) is 13.2. The van der Waals surface area contributed by atoms with Crippen LogP contribution in [0, 0.1) is 24.2 Å². The molecule has 14 heavy (non-hydrogen) atoms. The Kier molecular flexibility index (Phi) is 7.55. The second-order valence-electron chi connectivity index (χ2n) is 4.46. The standard InChI is InChI=1S/C12H24N2/c1-5-7-14(4)8-6-12(10-13)9-11(2)3/h1,11-12H,6-10,13H2,2-4H3. The van der Waals surface area contributed by atoms with E-state index in [1.54, 1.807) is 0 Å². The number of hydrogen-bond donors (Lipinski definition) is 1. The lowest BCUT2D eigenvalue weighted by Crippen LogP contribution is -2.25. The molecule has 1 atom stereocenters. The van der Waals surface area contributed by atoms with Crippen LogP contribution in [0.25, 0.3) is 0 Å². The van der Waals surface area contributed by atoms with E-state index < -0.39 is 0 Å². The largest absolute Gasteiger partial charge is 0.330 e. The van der Waals surface area contributed by atoms with Crippen LogP contribution in [0.15, 0.2) is 0 Å². The van der Waals surface area contributed by atoms with Gasteiger partial charge in [-0.25, -0.2) is 0 Å². The maximum absolute atomic E-state index is 5.72. The van der Waals surface area contributed by atoms with Gasteiger partial charge in [0.2, 0.25) is 0 Å². The van der Waals surface area contributed by atoms with Gasteiger partial charge < -0.3 is 5.73 Å². The Morgan fingerprint density at radius 1 is 1.43 bits per heavy atom. The third kappa shape index (κ3) is 6.94. The molecule has 0 aliphatic carbocycles. The Balaban J connectivity index is 3.67.